The van der Waals surface area contributed by atoms with Gasteiger partial charge in [0.2, 0.25) is 0 Å². The summed E-state index contributed by atoms with van der Waals surface area (Å²) < 4.78 is 27.1. The minimum atomic E-state index is -1.95. The van der Waals surface area contributed by atoms with E-state index in [-0.39, 0.29) is 28.5 Å². The maximum Gasteiger partial charge on any atom is 0.279 e. The number of morpholine rings is 1. The van der Waals surface area contributed by atoms with Gasteiger partial charge in [-0.3, -0.25) is 15.0 Å². The third kappa shape index (κ3) is 6.82. The maximum absolute atomic E-state index is 14.3. The van der Waals surface area contributed by atoms with E-state index in [0.29, 0.717) is 19.7 Å². The number of rotatable bonds is 8. The van der Waals surface area contributed by atoms with Crippen molar-refractivity contribution in [1.82, 2.24) is 4.90 Å². The van der Waals surface area contributed by atoms with Gasteiger partial charge in [-0.05, 0) is 35.8 Å². The van der Waals surface area contributed by atoms with Crippen LogP contribution in [0.3, 0.4) is 0 Å². The van der Waals surface area contributed by atoms with E-state index in [9.17, 15) is 14.5 Å². The van der Waals surface area contributed by atoms with Crippen molar-refractivity contribution in [3.63, 3.8) is 0 Å². The highest BCUT2D eigenvalue weighted by molar-refractivity contribution is 6.74. The molecule has 8 heteroatoms. The topological polar surface area (TPSA) is 64.8 Å². The van der Waals surface area contributed by atoms with E-state index >= 15 is 0 Å². The SMILES string of the molecule is CC(C)(C)[Si](C)(C)OC[C@@H]1CN(Cc2ccccc2)C[C@@H](/C=C/c2c(F)cccc2[N+](=O)[O-])O1. The predicted octanol–water partition coefficient (Wildman–Crippen LogP) is 6.04. The number of nitrogens with zero attached hydrogens (tertiary/aromatic N) is 2. The summed E-state index contributed by atoms with van der Waals surface area (Å²) in [6.45, 7) is 13.6. The summed E-state index contributed by atoms with van der Waals surface area (Å²) in [6.07, 6.45) is 2.69. The zero-order valence-corrected chi connectivity index (χ0v) is 21.7. The monoisotopic (exact) mass is 486 g/mol. The molecule has 0 N–H and O–H groups in total. The summed E-state index contributed by atoms with van der Waals surface area (Å²) in [5.74, 6) is -0.625. The Balaban J connectivity index is 1.79. The molecule has 0 saturated carbocycles. The highest BCUT2D eigenvalue weighted by atomic mass is 28.4. The highest BCUT2D eigenvalue weighted by Crippen LogP contribution is 2.37. The van der Waals surface area contributed by atoms with Crippen LogP contribution in [0.25, 0.3) is 6.08 Å². The summed E-state index contributed by atoms with van der Waals surface area (Å²) in [5.41, 5.74) is 0.900. The van der Waals surface area contributed by atoms with E-state index in [1.165, 1.54) is 29.8 Å². The van der Waals surface area contributed by atoms with E-state index in [4.69, 9.17) is 9.16 Å². The van der Waals surface area contributed by atoms with E-state index in [1.54, 1.807) is 6.08 Å². The zero-order chi connectivity index (χ0) is 24.9. The molecule has 1 saturated heterocycles. The van der Waals surface area contributed by atoms with Gasteiger partial charge in [-0.1, -0.05) is 63.2 Å². The third-order valence-corrected chi connectivity index (χ3v) is 11.2. The second-order valence-electron chi connectivity index (χ2n) is 10.3. The Morgan fingerprint density at radius 2 is 1.88 bits per heavy atom. The molecule has 2 atom stereocenters. The summed E-state index contributed by atoms with van der Waals surface area (Å²) in [5, 5.41) is 11.4. The normalized spacial score (nSPS) is 20.1. The fourth-order valence-corrected chi connectivity index (χ4v) is 4.73. The van der Waals surface area contributed by atoms with Crippen LogP contribution in [0, 0.1) is 15.9 Å². The first-order valence-corrected chi connectivity index (χ1v) is 14.5. The van der Waals surface area contributed by atoms with Crippen LogP contribution in [-0.4, -0.2) is 50.0 Å². The molecule has 0 spiro atoms. The third-order valence-electron chi connectivity index (χ3n) is 6.66. The van der Waals surface area contributed by atoms with E-state index in [1.807, 2.05) is 18.2 Å². The number of halogens is 1. The molecule has 0 aromatic heterocycles. The fourth-order valence-electron chi connectivity index (χ4n) is 3.69. The number of ether oxygens (including phenoxy) is 1. The number of benzene rings is 2. The molecule has 2 aromatic carbocycles. The Labute approximate surface area is 202 Å². The summed E-state index contributed by atoms with van der Waals surface area (Å²) in [7, 11) is -1.95. The number of hydrogen-bond donors (Lipinski definition) is 0. The van der Waals surface area contributed by atoms with Crippen LogP contribution in [0.5, 0.6) is 0 Å². The minimum Gasteiger partial charge on any atom is -0.414 e. The Kier molecular flexibility index (Phi) is 8.41. The Bertz CT molecular complexity index is 1010. The lowest BCUT2D eigenvalue weighted by molar-refractivity contribution is -0.385. The van der Waals surface area contributed by atoms with Crippen molar-refractivity contribution in [2.45, 2.75) is 57.7 Å². The average molecular weight is 487 g/mol. The number of nitro groups is 1. The first-order chi connectivity index (χ1) is 16.0. The Hall–Kier alpha value is -2.39. The van der Waals surface area contributed by atoms with Gasteiger partial charge in [-0.15, -0.1) is 0 Å². The van der Waals surface area contributed by atoms with Gasteiger partial charge < -0.3 is 9.16 Å². The smallest absolute Gasteiger partial charge is 0.279 e. The molecule has 34 heavy (non-hydrogen) atoms. The zero-order valence-electron chi connectivity index (χ0n) is 20.7. The molecule has 1 aliphatic heterocycles. The molecule has 0 bridgehead atoms. The number of nitro benzene ring substituents is 1. The van der Waals surface area contributed by atoms with Crippen molar-refractivity contribution in [3.05, 3.63) is 81.7 Å². The van der Waals surface area contributed by atoms with Crippen LogP contribution in [0.1, 0.15) is 31.9 Å². The maximum atomic E-state index is 14.3. The van der Waals surface area contributed by atoms with Crippen molar-refractivity contribution < 1.29 is 18.5 Å². The molecule has 0 unspecified atom stereocenters. The molecule has 184 valence electrons. The van der Waals surface area contributed by atoms with E-state index in [2.05, 4.69) is 50.9 Å². The molecule has 1 fully saturated rings. The Morgan fingerprint density at radius 1 is 1.18 bits per heavy atom. The van der Waals surface area contributed by atoms with Crippen molar-refractivity contribution in [1.29, 1.82) is 0 Å². The molecular formula is C26H35FN2O4Si. The molecule has 1 heterocycles. The van der Waals surface area contributed by atoms with Gasteiger partial charge in [0, 0.05) is 25.7 Å². The first-order valence-electron chi connectivity index (χ1n) is 11.6. The molecule has 0 radical (unpaired) electrons. The lowest BCUT2D eigenvalue weighted by atomic mass is 10.1. The second kappa shape index (κ2) is 10.9. The molecule has 3 rings (SSSR count). The van der Waals surface area contributed by atoms with Crippen LogP contribution in [0.15, 0.2) is 54.6 Å². The molecule has 2 aromatic rings. The lowest BCUT2D eigenvalue weighted by Crippen LogP contribution is -2.50. The summed E-state index contributed by atoms with van der Waals surface area (Å²) in [4.78, 5) is 13.1. The quantitative estimate of drug-likeness (QED) is 0.259. The van der Waals surface area contributed by atoms with Gasteiger partial charge in [-0.2, -0.15) is 0 Å². The molecular weight excluding hydrogens is 451 g/mol. The first kappa shape index (κ1) is 26.2. The lowest BCUT2D eigenvalue weighted by Gasteiger charge is -2.41. The van der Waals surface area contributed by atoms with Crippen molar-refractivity contribution in [3.8, 4) is 0 Å². The molecule has 0 amide bonds. The minimum absolute atomic E-state index is 0.0367. The second-order valence-corrected chi connectivity index (χ2v) is 15.1. The number of hydrogen-bond acceptors (Lipinski definition) is 5. The van der Waals surface area contributed by atoms with E-state index in [0.717, 1.165) is 6.54 Å². The van der Waals surface area contributed by atoms with Crippen LogP contribution < -0.4 is 0 Å². The molecule has 6 nitrogen and oxygen atoms in total. The van der Waals surface area contributed by atoms with Gasteiger partial charge in [0.05, 0.1) is 29.3 Å². The van der Waals surface area contributed by atoms with Crippen LogP contribution in [-0.2, 0) is 15.7 Å². The van der Waals surface area contributed by atoms with Crippen molar-refractivity contribution in [2.75, 3.05) is 19.7 Å². The average Bonchev–Trinajstić information content (AvgIpc) is 2.76. The van der Waals surface area contributed by atoms with Gasteiger partial charge >= 0.3 is 0 Å². The van der Waals surface area contributed by atoms with Gasteiger partial charge in [0.25, 0.3) is 5.69 Å². The highest BCUT2D eigenvalue weighted by Gasteiger charge is 2.38. The fraction of sp³-hybridized carbons (Fsp3) is 0.462. The molecule has 0 aliphatic carbocycles. The standard InChI is InChI=1S/C26H35FN2O4Si/c1-26(2,3)34(4,5)32-19-22-18-28(16-20-10-7-6-8-11-20)17-21(33-22)14-15-23-24(27)12-9-13-25(23)29(30)31/h6-15,21-22H,16-19H2,1-5H3/b15-14+/t21-,22+/m1/s1. The predicted molar refractivity (Wildman–Crippen MR) is 136 cm³/mol. The van der Waals surface area contributed by atoms with Crippen LogP contribution >= 0.6 is 0 Å². The van der Waals surface area contributed by atoms with Gasteiger partial charge in [0.1, 0.15) is 5.82 Å². The Morgan fingerprint density at radius 3 is 2.53 bits per heavy atom. The van der Waals surface area contributed by atoms with E-state index < -0.39 is 19.1 Å². The van der Waals surface area contributed by atoms with Crippen LogP contribution in [0.2, 0.25) is 18.1 Å². The van der Waals surface area contributed by atoms with Crippen molar-refractivity contribution in [2.24, 2.45) is 0 Å². The van der Waals surface area contributed by atoms with Gasteiger partial charge in [-0.25, -0.2) is 4.39 Å². The van der Waals surface area contributed by atoms with Gasteiger partial charge in [0.15, 0.2) is 8.32 Å². The summed E-state index contributed by atoms with van der Waals surface area (Å²) >= 11 is 0. The largest absolute Gasteiger partial charge is 0.414 e. The summed E-state index contributed by atoms with van der Waals surface area (Å²) in [6, 6.07) is 14.1. The molecule has 1 aliphatic rings. The van der Waals surface area contributed by atoms with Crippen LogP contribution in [0.4, 0.5) is 10.1 Å². The van der Waals surface area contributed by atoms with Crippen molar-refractivity contribution >= 4 is 20.1 Å².